The first-order valence-corrected chi connectivity index (χ1v) is 7.07. The first kappa shape index (κ1) is 12.6. The number of anilines is 1. The lowest BCUT2D eigenvalue weighted by atomic mass is 10.2. The van der Waals surface area contributed by atoms with E-state index in [1.165, 1.54) is 0 Å². The second kappa shape index (κ2) is 5.30. The van der Waals surface area contributed by atoms with Gasteiger partial charge in [0.15, 0.2) is 5.69 Å². The van der Waals surface area contributed by atoms with Gasteiger partial charge in [0.25, 0.3) is 5.91 Å². The van der Waals surface area contributed by atoms with E-state index in [9.17, 15) is 4.79 Å². The molecule has 0 saturated heterocycles. The van der Waals surface area contributed by atoms with Crippen LogP contribution in [0.25, 0.3) is 10.6 Å². The summed E-state index contributed by atoms with van der Waals surface area (Å²) in [4.78, 5) is 13.2. The van der Waals surface area contributed by atoms with Crippen LogP contribution in [0.1, 0.15) is 16.1 Å². The quantitative estimate of drug-likeness (QED) is 0.770. The van der Waals surface area contributed by atoms with Crippen LogP contribution >= 0.6 is 11.3 Å². The topological polar surface area (TPSA) is 57.8 Å². The molecule has 0 aliphatic heterocycles. The van der Waals surface area contributed by atoms with Gasteiger partial charge in [0.1, 0.15) is 0 Å². The fraction of sp³-hybridized carbons (Fsp3) is 0.0667. The molecule has 1 aromatic carbocycles. The van der Waals surface area contributed by atoms with Crippen LogP contribution in [0.5, 0.6) is 0 Å². The number of hydrogen-bond donors (Lipinski definition) is 2. The van der Waals surface area contributed by atoms with Crippen LogP contribution in [-0.4, -0.2) is 16.1 Å². The summed E-state index contributed by atoms with van der Waals surface area (Å²) in [5.74, 6) is -0.213. The highest BCUT2D eigenvalue weighted by molar-refractivity contribution is 7.13. The van der Waals surface area contributed by atoms with Crippen LogP contribution in [0.3, 0.4) is 0 Å². The van der Waals surface area contributed by atoms with Gasteiger partial charge in [-0.05, 0) is 42.1 Å². The molecule has 0 radical (unpaired) electrons. The summed E-state index contributed by atoms with van der Waals surface area (Å²) >= 11 is 1.60. The molecular formula is C15H13N3OS. The number of aromatic nitrogens is 2. The van der Waals surface area contributed by atoms with Crippen molar-refractivity contribution in [2.45, 2.75) is 6.92 Å². The number of hydrogen-bond acceptors (Lipinski definition) is 3. The molecule has 0 spiro atoms. The predicted octanol–water partition coefficient (Wildman–Crippen LogP) is 3.70. The molecule has 0 atom stereocenters. The van der Waals surface area contributed by atoms with Gasteiger partial charge in [-0.3, -0.25) is 9.89 Å². The Morgan fingerprint density at radius 1 is 1.25 bits per heavy atom. The number of aromatic amines is 1. The summed E-state index contributed by atoms with van der Waals surface area (Å²) in [6.07, 6.45) is 0. The Hall–Kier alpha value is -2.40. The maximum absolute atomic E-state index is 12.1. The minimum Gasteiger partial charge on any atom is -0.321 e. The van der Waals surface area contributed by atoms with E-state index in [1.807, 2.05) is 48.7 Å². The fourth-order valence-electron chi connectivity index (χ4n) is 1.91. The molecule has 0 aliphatic carbocycles. The van der Waals surface area contributed by atoms with Gasteiger partial charge in [-0.1, -0.05) is 18.2 Å². The van der Waals surface area contributed by atoms with Gasteiger partial charge in [-0.2, -0.15) is 5.10 Å². The Morgan fingerprint density at radius 2 is 2.15 bits per heavy atom. The van der Waals surface area contributed by atoms with Crippen LogP contribution in [0.2, 0.25) is 0 Å². The highest BCUT2D eigenvalue weighted by atomic mass is 32.1. The largest absolute Gasteiger partial charge is 0.321 e. The molecule has 0 fully saturated rings. The molecule has 0 unspecified atom stereocenters. The number of nitrogens with zero attached hydrogens (tertiary/aromatic N) is 1. The Morgan fingerprint density at radius 3 is 2.90 bits per heavy atom. The molecule has 0 aliphatic rings. The molecule has 4 nitrogen and oxygen atoms in total. The zero-order chi connectivity index (χ0) is 13.9. The van der Waals surface area contributed by atoms with E-state index in [0.29, 0.717) is 5.69 Å². The third kappa shape index (κ3) is 2.62. The van der Waals surface area contributed by atoms with Gasteiger partial charge in [-0.25, -0.2) is 0 Å². The molecule has 0 bridgehead atoms. The highest BCUT2D eigenvalue weighted by Gasteiger charge is 2.12. The molecule has 3 rings (SSSR count). The highest BCUT2D eigenvalue weighted by Crippen LogP contribution is 2.23. The number of carbonyl (C=O) groups is 1. The smallest absolute Gasteiger partial charge is 0.276 e. The van der Waals surface area contributed by atoms with E-state index in [1.54, 1.807) is 17.4 Å². The van der Waals surface area contributed by atoms with Crippen molar-refractivity contribution < 1.29 is 4.79 Å². The SMILES string of the molecule is Cc1cccc(NC(=O)c2cc(-c3cccs3)[nH]n2)c1. The zero-order valence-electron chi connectivity index (χ0n) is 10.9. The van der Waals surface area contributed by atoms with Gasteiger partial charge in [0, 0.05) is 5.69 Å². The Kier molecular flexibility index (Phi) is 3.35. The first-order chi connectivity index (χ1) is 9.72. The molecule has 2 aromatic heterocycles. The average Bonchev–Trinajstić information content (AvgIpc) is 3.10. The van der Waals surface area contributed by atoms with Crippen LogP contribution in [0.15, 0.2) is 47.8 Å². The maximum atomic E-state index is 12.1. The number of amides is 1. The van der Waals surface area contributed by atoms with Crippen molar-refractivity contribution in [2.24, 2.45) is 0 Å². The molecule has 5 heteroatoms. The van der Waals surface area contributed by atoms with Crippen molar-refractivity contribution in [3.05, 3.63) is 59.1 Å². The standard InChI is InChI=1S/C15H13N3OS/c1-10-4-2-5-11(8-10)16-15(19)13-9-12(17-18-13)14-6-3-7-20-14/h2-9H,1H3,(H,16,19)(H,17,18). The normalized spacial score (nSPS) is 10.4. The zero-order valence-corrected chi connectivity index (χ0v) is 11.7. The third-order valence-corrected chi connectivity index (χ3v) is 3.78. The average molecular weight is 283 g/mol. The number of H-pyrrole nitrogens is 1. The molecule has 0 saturated carbocycles. The van der Waals surface area contributed by atoms with E-state index in [0.717, 1.165) is 21.8 Å². The molecule has 2 N–H and O–H groups in total. The first-order valence-electron chi connectivity index (χ1n) is 6.20. The van der Waals surface area contributed by atoms with Gasteiger partial charge in [0.05, 0.1) is 10.6 Å². The Balaban J connectivity index is 1.78. The summed E-state index contributed by atoms with van der Waals surface area (Å²) in [7, 11) is 0. The number of rotatable bonds is 3. The van der Waals surface area contributed by atoms with Gasteiger partial charge < -0.3 is 5.32 Å². The van der Waals surface area contributed by atoms with Crippen molar-refractivity contribution in [1.29, 1.82) is 0 Å². The number of aryl methyl sites for hydroxylation is 1. The summed E-state index contributed by atoms with van der Waals surface area (Å²) < 4.78 is 0. The van der Waals surface area contributed by atoms with Crippen LogP contribution in [0, 0.1) is 6.92 Å². The minimum atomic E-state index is -0.213. The molecule has 3 aromatic rings. The molecule has 20 heavy (non-hydrogen) atoms. The van der Waals surface area contributed by atoms with Gasteiger partial charge >= 0.3 is 0 Å². The lowest BCUT2D eigenvalue weighted by Gasteiger charge is -2.03. The van der Waals surface area contributed by atoms with Crippen molar-refractivity contribution in [3.63, 3.8) is 0 Å². The van der Waals surface area contributed by atoms with Gasteiger partial charge in [-0.15, -0.1) is 11.3 Å². The van der Waals surface area contributed by atoms with Gasteiger partial charge in [0.2, 0.25) is 0 Å². The Labute approximate surface area is 120 Å². The van der Waals surface area contributed by atoms with E-state index < -0.39 is 0 Å². The lowest BCUT2D eigenvalue weighted by Crippen LogP contribution is -2.12. The summed E-state index contributed by atoms with van der Waals surface area (Å²) in [5, 5.41) is 11.8. The lowest BCUT2D eigenvalue weighted by molar-refractivity contribution is 0.102. The van der Waals surface area contributed by atoms with Crippen LogP contribution < -0.4 is 5.32 Å². The van der Waals surface area contributed by atoms with Crippen LogP contribution in [-0.2, 0) is 0 Å². The van der Waals surface area contributed by atoms with Crippen molar-refractivity contribution >= 4 is 22.9 Å². The molecule has 100 valence electrons. The van der Waals surface area contributed by atoms with Crippen molar-refractivity contribution in [1.82, 2.24) is 10.2 Å². The van der Waals surface area contributed by atoms with E-state index >= 15 is 0 Å². The Bertz CT molecular complexity index is 731. The second-order valence-corrected chi connectivity index (χ2v) is 5.42. The summed E-state index contributed by atoms with van der Waals surface area (Å²) in [5.41, 5.74) is 3.11. The van der Waals surface area contributed by atoms with E-state index in [-0.39, 0.29) is 5.91 Å². The maximum Gasteiger partial charge on any atom is 0.276 e. The summed E-state index contributed by atoms with van der Waals surface area (Å²) in [6, 6.07) is 13.4. The summed E-state index contributed by atoms with van der Waals surface area (Å²) in [6.45, 7) is 1.99. The third-order valence-electron chi connectivity index (χ3n) is 2.87. The molecule has 2 heterocycles. The van der Waals surface area contributed by atoms with E-state index in [4.69, 9.17) is 0 Å². The van der Waals surface area contributed by atoms with Crippen molar-refractivity contribution in [3.8, 4) is 10.6 Å². The predicted molar refractivity (Wildman–Crippen MR) is 81.0 cm³/mol. The number of nitrogens with one attached hydrogen (secondary N) is 2. The van der Waals surface area contributed by atoms with Crippen molar-refractivity contribution in [2.75, 3.05) is 5.32 Å². The monoisotopic (exact) mass is 283 g/mol. The number of thiophene rings is 1. The minimum absolute atomic E-state index is 0.213. The number of carbonyl (C=O) groups excluding carboxylic acids is 1. The second-order valence-electron chi connectivity index (χ2n) is 4.47. The fourth-order valence-corrected chi connectivity index (χ4v) is 2.61. The molecule has 1 amide bonds. The van der Waals surface area contributed by atoms with Crippen LogP contribution in [0.4, 0.5) is 5.69 Å². The number of benzene rings is 1. The van der Waals surface area contributed by atoms with E-state index in [2.05, 4.69) is 15.5 Å². The molecular weight excluding hydrogens is 270 g/mol.